The average molecular weight is 323 g/mol. The van der Waals surface area contributed by atoms with Gasteiger partial charge < -0.3 is 19.7 Å². The Bertz CT molecular complexity index is 540. The van der Waals surface area contributed by atoms with Crippen LogP contribution in [0, 0.1) is 0 Å². The molecule has 1 aliphatic carbocycles. The first-order valence-corrected chi connectivity index (χ1v) is 8.73. The van der Waals surface area contributed by atoms with Gasteiger partial charge in [-0.2, -0.15) is 0 Å². The van der Waals surface area contributed by atoms with E-state index in [1.807, 2.05) is 12.1 Å². The molecule has 4 nitrogen and oxygen atoms in total. The summed E-state index contributed by atoms with van der Waals surface area (Å²) in [7, 11) is 0. The number of halogens is 1. The van der Waals surface area contributed by atoms with Gasteiger partial charge in [-0.15, -0.1) is 0 Å². The van der Waals surface area contributed by atoms with Gasteiger partial charge in [0, 0.05) is 18.6 Å². The lowest BCUT2D eigenvalue weighted by molar-refractivity contribution is 0.171. The molecular weight excluding hydrogens is 300 g/mol. The summed E-state index contributed by atoms with van der Waals surface area (Å²) in [5, 5.41) is 4.32. The lowest BCUT2D eigenvalue weighted by Gasteiger charge is -2.32. The Morgan fingerprint density at radius 2 is 1.86 bits per heavy atom. The Hall–Kier alpha value is -0.970. The van der Waals surface area contributed by atoms with Gasteiger partial charge in [-0.1, -0.05) is 11.6 Å². The second kappa shape index (κ2) is 6.26. The topological polar surface area (TPSA) is 33.7 Å². The van der Waals surface area contributed by atoms with Crippen molar-refractivity contribution in [2.24, 2.45) is 0 Å². The number of nitrogens with one attached hydrogen (secondary N) is 1. The molecule has 0 unspecified atom stereocenters. The van der Waals surface area contributed by atoms with E-state index >= 15 is 0 Å². The lowest BCUT2D eigenvalue weighted by Crippen LogP contribution is -2.43. The van der Waals surface area contributed by atoms with Crippen LogP contribution in [-0.4, -0.2) is 43.3 Å². The minimum atomic E-state index is 0.573. The maximum Gasteiger partial charge on any atom is 0.179 e. The van der Waals surface area contributed by atoms with E-state index < -0.39 is 0 Å². The molecule has 1 aromatic rings. The van der Waals surface area contributed by atoms with Crippen LogP contribution in [0.4, 0.5) is 0 Å². The Kier molecular flexibility index (Phi) is 4.16. The summed E-state index contributed by atoms with van der Waals surface area (Å²) in [4.78, 5) is 2.65. The smallest absolute Gasteiger partial charge is 0.179 e. The van der Waals surface area contributed by atoms with Crippen molar-refractivity contribution in [3.05, 3.63) is 22.7 Å². The highest BCUT2D eigenvalue weighted by Gasteiger charge is 2.31. The van der Waals surface area contributed by atoms with Gasteiger partial charge in [-0.3, -0.25) is 0 Å². The number of hydrogen-bond acceptors (Lipinski definition) is 4. The van der Waals surface area contributed by atoms with Crippen LogP contribution in [0.1, 0.15) is 31.2 Å². The lowest BCUT2D eigenvalue weighted by atomic mass is 10.0. The molecule has 1 N–H and O–H groups in total. The monoisotopic (exact) mass is 322 g/mol. The van der Waals surface area contributed by atoms with E-state index in [1.165, 1.54) is 44.3 Å². The third-order valence-corrected chi connectivity index (χ3v) is 5.13. The van der Waals surface area contributed by atoms with Crippen LogP contribution >= 0.6 is 11.6 Å². The number of hydrogen-bond donors (Lipinski definition) is 1. The van der Waals surface area contributed by atoms with Crippen molar-refractivity contribution >= 4 is 11.6 Å². The van der Waals surface area contributed by atoms with Crippen molar-refractivity contribution in [1.29, 1.82) is 0 Å². The first-order valence-electron chi connectivity index (χ1n) is 8.35. The standard InChI is InChI=1S/C17H23ClN2O2/c18-15-9-12(10-16-17(15)22-8-7-21-16)11-19-13-3-5-20(6-4-13)14-1-2-14/h9-10,13-14,19H,1-8,11H2. The van der Waals surface area contributed by atoms with Crippen LogP contribution in [0.2, 0.25) is 5.02 Å². The molecule has 3 aliphatic rings. The molecule has 1 saturated carbocycles. The zero-order valence-electron chi connectivity index (χ0n) is 12.8. The van der Waals surface area contributed by atoms with E-state index in [0.717, 1.165) is 18.3 Å². The normalized spacial score (nSPS) is 22.8. The Balaban J connectivity index is 1.33. The number of fused-ring (bicyclic) bond motifs is 1. The first kappa shape index (κ1) is 14.6. The summed E-state index contributed by atoms with van der Waals surface area (Å²) < 4.78 is 11.2. The van der Waals surface area contributed by atoms with Crippen molar-refractivity contribution in [3.63, 3.8) is 0 Å². The highest BCUT2D eigenvalue weighted by molar-refractivity contribution is 6.32. The van der Waals surface area contributed by atoms with Gasteiger partial charge in [0.2, 0.25) is 0 Å². The summed E-state index contributed by atoms with van der Waals surface area (Å²) in [5.74, 6) is 1.47. The van der Waals surface area contributed by atoms with Gasteiger partial charge in [0.15, 0.2) is 11.5 Å². The fourth-order valence-corrected chi connectivity index (χ4v) is 3.72. The molecule has 0 radical (unpaired) electrons. The van der Waals surface area contributed by atoms with E-state index in [4.69, 9.17) is 21.1 Å². The minimum Gasteiger partial charge on any atom is -0.486 e. The van der Waals surface area contributed by atoms with Gasteiger partial charge >= 0.3 is 0 Å². The summed E-state index contributed by atoms with van der Waals surface area (Å²) >= 11 is 6.29. The molecule has 120 valence electrons. The molecule has 0 bridgehead atoms. The van der Waals surface area contributed by atoms with Crippen molar-refractivity contribution in [3.8, 4) is 11.5 Å². The second-order valence-electron chi connectivity index (χ2n) is 6.52. The number of benzene rings is 1. The van der Waals surface area contributed by atoms with Gasteiger partial charge in [-0.25, -0.2) is 0 Å². The minimum absolute atomic E-state index is 0.573. The number of piperidine rings is 1. The molecule has 2 aliphatic heterocycles. The third-order valence-electron chi connectivity index (χ3n) is 4.84. The van der Waals surface area contributed by atoms with Crippen molar-refractivity contribution in [2.75, 3.05) is 26.3 Å². The highest BCUT2D eigenvalue weighted by atomic mass is 35.5. The maximum absolute atomic E-state index is 6.29. The summed E-state index contributed by atoms with van der Waals surface area (Å²) in [6.07, 6.45) is 5.31. The van der Waals surface area contributed by atoms with Crippen molar-refractivity contribution < 1.29 is 9.47 Å². The van der Waals surface area contributed by atoms with Crippen LogP contribution in [0.25, 0.3) is 0 Å². The molecule has 2 fully saturated rings. The van der Waals surface area contributed by atoms with E-state index in [0.29, 0.717) is 30.0 Å². The fraction of sp³-hybridized carbons (Fsp3) is 0.647. The molecule has 1 aromatic carbocycles. The van der Waals surface area contributed by atoms with Crippen LogP contribution in [0.15, 0.2) is 12.1 Å². The SMILES string of the molecule is Clc1cc(CNC2CCN(C3CC3)CC2)cc2c1OCCO2. The molecule has 22 heavy (non-hydrogen) atoms. The molecule has 2 heterocycles. The van der Waals surface area contributed by atoms with Crippen LogP contribution < -0.4 is 14.8 Å². The summed E-state index contributed by atoms with van der Waals surface area (Å²) in [5.41, 5.74) is 1.17. The quantitative estimate of drug-likeness (QED) is 0.924. The van der Waals surface area contributed by atoms with E-state index in [-0.39, 0.29) is 0 Å². The molecule has 0 spiro atoms. The first-order chi connectivity index (χ1) is 10.8. The Labute approximate surface area is 136 Å². The van der Waals surface area contributed by atoms with Gasteiger partial charge in [0.1, 0.15) is 13.2 Å². The average Bonchev–Trinajstić information content (AvgIpc) is 3.38. The number of likely N-dealkylation sites (tertiary alicyclic amines) is 1. The summed E-state index contributed by atoms with van der Waals surface area (Å²) in [6, 6.07) is 5.55. The van der Waals surface area contributed by atoms with Crippen LogP contribution in [0.3, 0.4) is 0 Å². The largest absolute Gasteiger partial charge is 0.486 e. The molecule has 0 amide bonds. The van der Waals surface area contributed by atoms with Crippen LogP contribution in [-0.2, 0) is 6.54 Å². The maximum atomic E-state index is 6.29. The van der Waals surface area contributed by atoms with Gasteiger partial charge in [0.25, 0.3) is 0 Å². The zero-order chi connectivity index (χ0) is 14.9. The molecule has 4 rings (SSSR count). The molecule has 1 saturated heterocycles. The number of ether oxygens (including phenoxy) is 2. The Morgan fingerprint density at radius 3 is 2.64 bits per heavy atom. The van der Waals surface area contributed by atoms with E-state index in [2.05, 4.69) is 10.2 Å². The fourth-order valence-electron chi connectivity index (χ4n) is 3.44. The van der Waals surface area contributed by atoms with Crippen LogP contribution in [0.5, 0.6) is 11.5 Å². The highest BCUT2D eigenvalue weighted by Crippen LogP contribution is 2.38. The van der Waals surface area contributed by atoms with E-state index in [1.54, 1.807) is 0 Å². The van der Waals surface area contributed by atoms with Crippen molar-refractivity contribution in [1.82, 2.24) is 10.2 Å². The van der Waals surface area contributed by atoms with Crippen molar-refractivity contribution in [2.45, 2.75) is 44.3 Å². The zero-order valence-corrected chi connectivity index (χ0v) is 13.6. The van der Waals surface area contributed by atoms with E-state index in [9.17, 15) is 0 Å². The third kappa shape index (κ3) is 3.19. The number of nitrogens with zero attached hydrogens (tertiary/aromatic N) is 1. The summed E-state index contributed by atoms with van der Waals surface area (Å²) in [6.45, 7) is 4.49. The predicted octanol–water partition coefficient (Wildman–Crippen LogP) is 2.83. The second-order valence-corrected chi connectivity index (χ2v) is 6.93. The molecule has 0 atom stereocenters. The predicted molar refractivity (Wildman–Crippen MR) is 86.9 cm³/mol. The Morgan fingerprint density at radius 1 is 1.09 bits per heavy atom. The number of rotatable bonds is 4. The van der Waals surface area contributed by atoms with Gasteiger partial charge in [0.05, 0.1) is 5.02 Å². The molecule has 5 heteroatoms. The molecular formula is C17H23ClN2O2. The van der Waals surface area contributed by atoms with Gasteiger partial charge in [-0.05, 0) is 56.5 Å². The molecule has 0 aromatic heterocycles.